The highest BCUT2D eigenvalue weighted by Crippen LogP contribution is 2.37. The van der Waals surface area contributed by atoms with E-state index in [9.17, 15) is 14.3 Å². The number of rotatable bonds is 12. The zero-order valence-corrected chi connectivity index (χ0v) is 23.3. The Bertz CT molecular complexity index is 1110. The van der Waals surface area contributed by atoms with Crippen molar-refractivity contribution in [1.82, 2.24) is 14.8 Å². The number of methoxy groups -OCH3 is 1. The number of nitrogens with one attached hydrogen (secondary N) is 1. The lowest BCUT2D eigenvalue weighted by atomic mass is 9.95. The number of aryl methyl sites for hydroxylation is 2. The molecule has 0 radical (unpaired) electrons. The summed E-state index contributed by atoms with van der Waals surface area (Å²) in [5.74, 6) is -0.300. The molecule has 1 unspecified atom stereocenters. The number of carboxylic acid groups (broad SMARTS) is 1. The zero-order chi connectivity index (χ0) is 27.2. The molecule has 0 bridgehead atoms. The maximum atomic E-state index is 14.8. The molecule has 7 nitrogen and oxygen atoms in total. The van der Waals surface area contributed by atoms with Crippen molar-refractivity contribution in [2.45, 2.75) is 76.8 Å². The van der Waals surface area contributed by atoms with Gasteiger partial charge < -0.3 is 20.1 Å². The van der Waals surface area contributed by atoms with Crippen molar-refractivity contribution in [3.8, 4) is 5.75 Å². The fraction of sp³-hybridized carbons (Fsp3) is 0.600. The molecule has 2 aliphatic rings. The molecular formula is C30H43FN4O3. The molecule has 38 heavy (non-hydrogen) atoms. The molecular weight excluding hydrogens is 483 g/mol. The number of fused-ring (bicyclic) bond motifs is 1. The van der Waals surface area contributed by atoms with Gasteiger partial charge in [0, 0.05) is 36.9 Å². The maximum absolute atomic E-state index is 14.8. The number of benzene rings is 1. The highest BCUT2D eigenvalue weighted by molar-refractivity contribution is 5.77. The van der Waals surface area contributed by atoms with Crippen LogP contribution in [-0.2, 0) is 17.6 Å². The fourth-order valence-corrected chi connectivity index (χ4v) is 5.77. The van der Waals surface area contributed by atoms with Gasteiger partial charge >= 0.3 is 5.97 Å². The molecule has 2 N–H and O–H groups in total. The molecule has 1 fully saturated rings. The summed E-state index contributed by atoms with van der Waals surface area (Å²) in [4.78, 5) is 21.5. The summed E-state index contributed by atoms with van der Waals surface area (Å²) in [5, 5.41) is 13.6. The van der Waals surface area contributed by atoms with Gasteiger partial charge in [-0.15, -0.1) is 0 Å². The van der Waals surface area contributed by atoms with Gasteiger partial charge in [-0.1, -0.05) is 26.3 Å². The molecule has 0 saturated carbocycles. The van der Waals surface area contributed by atoms with Crippen molar-refractivity contribution in [1.29, 1.82) is 0 Å². The maximum Gasteiger partial charge on any atom is 0.325 e. The smallest absolute Gasteiger partial charge is 0.325 e. The Hall–Kier alpha value is -2.71. The summed E-state index contributed by atoms with van der Waals surface area (Å²) in [6.45, 7) is 7.22. The Labute approximate surface area is 226 Å². The minimum atomic E-state index is -0.974. The van der Waals surface area contributed by atoms with Crippen molar-refractivity contribution in [2.75, 3.05) is 45.7 Å². The first-order valence-electron chi connectivity index (χ1n) is 14.1. The number of nitrogens with zero attached hydrogens (tertiary/aromatic N) is 3. The number of pyridine rings is 1. The number of likely N-dealkylation sites (tertiary alicyclic amines) is 1. The second-order valence-corrected chi connectivity index (χ2v) is 11.1. The monoisotopic (exact) mass is 526 g/mol. The second-order valence-electron chi connectivity index (χ2n) is 11.1. The highest BCUT2D eigenvalue weighted by Gasteiger charge is 2.37. The summed E-state index contributed by atoms with van der Waals surface area (Å²) in [6, 6.07) is 6.98. The summed E-state index contributed by atoms with van der Waals surface area (Å²) in [7, 11) is 3.52. The molecule has 1 saturated heterocycles. The van der Waals surface area contributed by atoms with E-state index in [1.807, 2.05) is 18.7 Å². The minimum absolute atomic E-state index is 0.0304. The number of likely N-dealkylation sites (N-methyl/N-ethyl adjacent to an activating group) is 1. The van der Waals surface area contributed by atoms with E-state index in [2.05, 4.69) is 29.4 Å². The van der Waals surface area contributed by atoms with Crippen LogP contribution in [0.5, 0.6) is 5.75 Å². The van der Waals surface area contributed by atoms with E-state index in [1.165, 1.54) is 25.2 Å². The van der Waals surface area contributed by atoms with Crippen LogP contribution in [0.1, 0.15) is 80.3 Å². The minimum Gasteiger partial charge on any atom is -0.493 e. The van der Waals surface area contributed by atoms with Crippen LogP contribution in [0.25, 0.3) is 0 Å². The average Bonchev–Trinajstić information content (AvgIpc) is 3.37. The van der Waals surface area contributed by atoms with Gasteiger partial charge in [-0.25, -0.2) is 9.37 Å². The van der Waals surface area contributed by atoms with Gasteiger partial charge in [0.05, 0.1) is 7.11 Å². The van der Waals surface area contributed by atoms with Crippen LogP contribution in [0, 0.1) is 5.82 Å². The lowest BCUT2D eigenvalue weighted by molar-refractivity contribution is -0.143. The van der Waals surface area contributed by atoms with E-state index < -0.39 is 17.8 Å². The Balaban J connectivity index is 1.29. The quantitative estimate of drug-likeness (QED) is 0.366. The summed E-state index contributed by atoms with van der Waals surface area (Å²) < 4.78 is 20.1. The third-order valence-electron chi connectivity index (χ3n) is 8.07. The van der Waals surface area contributed by atoms with Crippen molar-refractivity contribution in [3.05, 3.63) is 52.5 Å². The number of unbranched alkanes of at least 4 members (excludes halogenated alkanes) is 2. The number of hydrogen-bond acceptors (Lipinski definition) is 6. The largest absolute Gasteiger partial charge is 0.493 e. The van der Waals surface area contributed by atoms with E-state index in [4.69, 9.17) is 9.72 Å². The van der Waals surface area contributed by atoms with Crippen LogP contribution in [0.2, 0.25) is 0 Å². The number of halogens is 1. The van der Waals surface area contributed by atoms with Crippen molar-refractivity contribution in [2.24, 2.45) is 0 Å². The number of aliphatic carboxylic acids is 1. The number of hydrogen-bond donors (Lipinski definition) is 2. The standard InChI is InChI=1S/C30H43FN4O3/c1-20(2)22-17-25(28(38-4)26(31)18-22)27(30(36)37)35-16-13-24(19-35)34(3)15-7-5-6-10-23-12-11-21-9-8-14-32-29(21)33-23/h11-12,17-18,20,24,27H,5-10,13-16,19H2,1-4H3,(H,32,33)(H,36,37)/t24-,27?/m0/s1. The van der Waals surface area contributed by atoms with Crippen molar-refractivity contribution in [3.63, 3.8) is 0 Å². The number of ether oxygens (including phenoxy) is 1. The van der Waals surface area contributed by atoms with E-state index in [0.29, 0.717) is 18.7 Å². The van der Waals surface area contributed by atoms with Crippen LogP contribution in [-0.4, -0.2) is 72.2 Å². The highest BCUT2D eigenvalue weighted by atomic mass is 19.1. The Morgan fingerprint density at radius 3 is 2.84 bits per heavy atom. The molecule has 4 rings (SSSR count). The molecule has 0 amide bonds. The lowest BCUT2D eigenvalue weighted by Gasteiger charge is -2.29. The molecule has 208 valence electrons. The van der Waals surface area contributed by atoms with Crippen LogP contribution in [0.4, 0.5) is 10.2 Å². The first kappa shape index (κ1) is 28.3. The van der Waals surface area contributed by atoms with E-state index in [0.717, 1.165) is 68.7 Å². The van der Waals surface area contributed by atoms with Crippen LogP contribution < -0.4 is 10.1 Å². The topological polar surface area (TPSA) is 77.9 Å². The first-order valence-corrected chi connectivity index (χ1v) is 14.1. The van der Waals surface area contributed by atoms with Crippen LogP contribution >= 0.6 is 0 Å². The van der Waals surface area contributed by atoms with Crippen LogP contribution in [0.15, 0.2) is 24.3 Å². The third kappa shape index (κ3) is 6.64. The van der Waals surface area contributed by atoms with E-state index >= 15 is 0 Å². The second kappa shape index (κ2) is 12.9. The summed E-state index contributed by atoms with van der Waals surface area (Å²) in [6.07, 6.45) is 7.50. The summed E-state index contributed by atoms with van der Waals surface area (Å²) >= 11 is 0. The Morgan fingerprint density at radius 2 is 2.11 bits per heavy atom. The number of carboxylic acids is 1. The van der Waals surface area contributed by atoms with Crippen LogP contribution in [0.3, 0.4) is 0 Å². The van der Waals surface area contributed by atoms with E-state index in [1.54, 1.807) is 6.07 Å². The summed E-state index contributed by atoms with van der Waals surface area (Å²) in [5.41, 5.74) is 3.66. The molecule has 3 heterocycles. The SMILES string of the molecule is COc1c(F)cc(C(C)C)cc1C(C(=O)O)N1CC[C@H](N(C)CCCCCc2ccc3c(n2)NCCC3)C1. The number of anilines is 1. The van der Waals surface area contributed by atoms with Gasteiger partial charge in [0.25, 0.3) is 0 Å². The molecule has 8 heteroatoms. The molecule has 1 aromatic carbocycles. The molecule has 0 aliphatic carbocycles. The molecule has 2 atom stereocenters. The molecule has 0 spiro atoms. The Morgan fingerprint density at radius 1 is 1.29 bits per heavy atom. The van der Waals surface area contributed by atoms with Gasteiger partial charge in [0.2, 0.25) is 0 Å². The molecule has 2 aromatic rings. The zero-order valence-electron chi connectivity index (χ0n) is 23.3. The molecule has 1 aromatic heterocycles. The van der Waals surface area contributed by atoms with Gasteiger partial charge in [-0.3, -0.25) is 9.69 Å². The van der Waals surface area contributed by atoms with Crippen molar-refractivity contribution < 1.29 is 19.0 Å². The number of aromatic nitrogens is 1. The lowest BCUT2D eigenvalue weighted by Crippen LogP contribution is -2.38. The Kier molecular flexibility index (Phi) is 9.60. The average molecular weight is 527 g/mol. The predicted octanol–water partition coefficient (Wildman–Crippen LogP) is 5.26. The van der Waals surface area contributed by atoms with Gasteiger partial charge in [-0.05, 0) is 87.4 Å². The van der Waals surface area contributed by atoms with Crippen molar-refractivity contribution >= 4 is 11.8 Å². The third-order valence-corrected chi connectivity index (χ3v) is 8.07. The number of carbonyl (C=O) groups is 1. The first-order chi connectivity index (χ1) is 18.3. The van der Waals surface area contributed by atoms with E-state index in [-0.39, 0.29) is 17.7 Å². The fourth-order valence-electron chi connectivity index (χ4n) is 5.77. The molecule has 2 aliphatic heterocycles. The normalized spacial score (nSPS) is 18.4. The predicted molar refractivity (Wildman–Crippen MR) is 149 cm³/mol. The van der Waals surface area contributed by atoms with Gasteiger partial charge in [0.1, 0.15) is 11.9 Å². The van der Waals surface area contributed by atoms with Gasteiger partial charge in [0.15, 0.2) is 11.6 Å². The van der Waals surface area contributed by atoms with Gasteiger partial charge in [-0.2, -0.15) is 0 Å².